The number of benzene rings is 1. The van der Waals surface area contributed by atoms with Gasteiger partial charge in [0.1, 0.15) is 5.78 Å². The number of carboxylic acids is 1. The summed E-state index contributed by atoms with van der Waals surface area (Å²) in [5, 5.41) is 12.0. The number of nitrogens with zero attached hydrogens (tertiary/aromatic N) is 1. The van der Waals surface area contributed by atoms with Crippen molar-refractivity contribution < 1.29 is 29.1 Å². The first-order chi connectivity index (χ1) is 17.4. The predicted octanol–water partition coefficient (Wildman–Crippen LogP) is 6.16. The molecule has 0 saturated carbocycles. The minimum absolute atomic E-state index is 0.00409. The number of ketones is 1. The molecule has 0 spiro atoms. The van der Waals surface area contributed by atoms with E-state index in [-0.39, 0.29) is 30.6 Å². The maximum atomic E-state index is 13.3. The molecule has 1 aliphatic rings. The van der Waals surface area contributed by atoms with Gasteiger partial charge in [-0.25, -0.2) is 4.79 Å². The van der Waals surface area contributed by atoms with Crippen LogP contribution in [0.4, 0.5) is 0 Å². The lowest BCUT2D eigenvalue weighted by atomic mass is 9.70. The molecule has 7 nitrogen and oxygen atoms in total. The van der Waals surface area contributed by atoms with Crippen molar-refractivity contribution in [2.24, 2.45) is 11.8 Å². The van der Waals surface area contributed by atoms with Crippen molar-refractivity contribution in [3.05, 3.63) is 35.9 Å². The number of hydroxylamine groups is 2. The molecule has 6 atom stereocenters. The summed E-state index contributed by atoms with van der Waals surface area (Å²) >= 11 is 0. The lowest BCUT2D eigenvalue weighted by Crippen LogP contribution is -2.67. The van der Waals surface area contributed by atoms with Gasteiger partial charge in [-0.3, -0.25) is 14.4 Å². The van der Waals surface area contributed by atoms with Gasteiger partial charge in [-0.1, -0.05) is 71.4 Å². The number of carboxylic acid groups (broad SMARTS) is 1. The van der Waals surface area contributed by atoms with E-state index in [1.807, 2.05) is 83.9 Å². The van der Waals surface area contributed by atoms with E-state index in [0.29, 0.717) is 25.7 Å². The van der Waals surface area contributed by atoms with Gasteiger partial charge in [0, 0.05) is 12.3 Å². The summed E-state index contributed by atoms with van der Waals surface area (Å²) in [6.45, 7) is 14.2. The average Bonchev–Trinajstić information content (AvgIpc) is 2.88. The maximum absolute atomic E-state index is 13.3. The van der Waals surface area contributed by atoms with Crippen LogP contribution in [0, 0.1) is 11.8 Å². The first-order valence-corrected chi connectivity index (χ1v) is 13.9. The molecular weight excluding hydrogens is 470 g/mol. The molecular formula is C30H47NO6. The number of carbonyl (C=O) groups is 3. The van der Waals surface area contributed by atoms with Gasteiger partial charge in [0.15, 0.2) is 6.10 Å². The number of piperidine rings is 1. The Morgan fingerprint density at radius 1 is 1.11 bits per heavy atom. The Balaban J connectivity index is 2.39. The highest BCUT2D eigenvalue weighted by Gasteiger charge is 2.54. The zero-order valence-corrected chi connectivity index (χ0v) is 23.8. The number of rotatable bonds is 14. The summed E-state index contributed by atoms with van der Waals surface area (Å²) in [6.07, 6.45) is 2.47. The van der Waals surface area contributed by atoms with Gasteiger partial charge >= 0.3 is 11.9 Å². The van der Waals surface area contributed by atoms with Crippen molar-refractivity contribution in [1.29, 1.82) is 0 Å². The van der Waals surface area contributed by atoms with E-state index in [9.17, 15) is 19.5 Å². The van der Waals surface area contributed by atoms with Crippen molar-refractivity contribution in [2.75, 3.05) is 6.61 Å². The molecule has 1 fully saturated rings. The summed E-state index contributed by atoms with van der Waals surface area (Å²) in [5.74, 6) is -2.43. The van der Waals surface area contributed by atoms with Crippen LogP contribution in [0.5, 0.6) is 0 Å². The summed E-state index contributed by atoms with van der Waals surface area (Å²) in [4.78, 5) is 45.2. The lowest BCUT2D eigenvalue weighted by Gasteiger charge is -2.56. The highest BCUT2D eigenvalue weighted by molar-refractivity contribution is 5.84. The number of unbranched alkanes of at least 4 members (excludes halogenated alkanes) is 1. The van der Waals surface area contributed by atoms with Crippen molar-refractivity contribution in [1.82, 2.24) is 5.06 Å². The first-order valence-electron chi connectivity index (χ1n) is 13.9. The van der Waals surface area contributed by atoms with Gasteiger partial charge in [-0.05, 0) is 57.4 Å². The van der Waals surface area contributed by atoms with Gasteiger partial charge in [-0.2, -0.15) is 5.06 Å². The van der Waals surface area contributed by atoms with E-state index < -0.39 is 35.0 Å². The highest BCUT2D eigenvalue weighted by atomic mass is 16.7. The molecule has 6 unspecified atom stereocenters. The van der Waals surface area contributed by atoms with Crippen LogP contribution < -0.4 is 0 Å². The third-order valence-electron chi connectivity index (χ3n) is 8.49. The van der Waals surface area contributed by atoms with Gasteiger partial charge < -0.3 is 9.84 Å². The van der Waals surface area contributed by atoms with E-state index in [2.05, 4.69) is 0 Å². The van der Waals surface area contributed by atoms with E-state index in [1.165, 1.54) is 0 Å². The topological polar surface area (TPSA) is 93.1 Å². The van der Waals surface area contributed by atoms with Gasteiger partial charge in [-0.15, -0.1) is 0 Å². The molecule has 1 aromatic rings. The van der Waals surface area contributed by atoms with Crippen LogP contribution in [0.15, 0.2) is 30.3 Å². The van der Waals surface area contributed by atoms with Crippen LogP contribution in [0.3, 0.4) is 0 Å². The second-order valence-corrected chi connectivity index (χ2v) is 11.2. The number of hydrogen-bond donors (Lipinski definition) is 1. The largest absolute Gasteiger partial charge is 0.481 e. The van der Waals surface area contributed by atoms with Crippen molar-refractivity contribution in [3.8, 4) is 0 Å². The Kier molecular flexibility index (Phi) is 11.3. The Labute approximate surface area is 222 Å². The van der Waals surface area contributed by atoms with Crippen molar-refractivity contribution >= 4 is 17.7 Å². The molecule has 0 radical (unpaired) electrons. The number of Topliss-reactive ketones (excluding diaryl/α,β-unsaturated/α-hetero) is 1. The number of carbonyl (C=O) groups excluding carboxylic acids is 2. The molecule has 208 valence electrons. The Morgan fingerprint density at radius 2 is 1.76 bits per heavy atom. The molecule has 1 N–H and O–H groups in total. The highest BCUT2D eigenvalue weighted by Crippen LogP contribution is 2.45. The third kappa shape index (κ3) is 7.41. The second kappa shape index (κ2) is 13.5. The fourth-order valence-corrected chi connectivity index (χ4v) is 5.33. The predicted molar refractivity (Wildman–Crippen MR) is 144 cm³/mol. The molecule has 7 heteroatoms. The number of ether oxygens (including phenoxy) is 1. The van der Waals surface area contributed by atoms with Crippen LogP contribution in [-0.4, -0.2) is 51.7 Å². The minimum Gasteiger partial charge on any atom is -0.481 e. The maximum Gasteiger partial charge on any atom is 0.337 e. The van der Waals surface area contributed by atoms with Crippen LogP contribution in [0.2, 0.25) is 0 Å². The molecule has 1 saturated heterocycles. The molecule has 1 aromatic carbocycles. The Hall–Kier alpha value is -2.25. The quantitative estimate of drug-likeness (QED) is 0.233. The van der Waals surface area contributed by atoms with E-state index in [0.717, 1.165) is 18.4 Å². The van der Waals surface area contributed by atoms with Crippen molar-refractivity contribution in [2.45, 2.75) is 117 Å². The third-order valence-corrected chi connectivity index (χ3v) is 8.49. The number of esters is 1. The molecule has 0 aliphatic carbocycles. The molecule has 1 heterocycles. The second-order valence-electron chi connectivity index (χ2n) is 11.2. The van der Waals surface area contributed by atoms with E-state index >= 15 is 0 Å². The van der Waals surface area contributed by atoms with Crippen molar-refractivity contribution in [3.63, 3.8) is 0 Å². The molecule has 0 bridgehead atoms. The van der Waals surface area contributed by atoms with Crippen LogP contribution >= 0.6 is 0 Å². The number of hydrogen-bond acceptors (Lipinski definition) is 6. The lowest BCUT2D eigenvalue weighted by molar-refractivity contribution is -0.315. The normalized spacial score (nSPS) is 26.9. The molecule has 1 aliphatic heterocycles. The average molecular weight is 518 g/mol. The van der Waals surface area contributed by atoms with E-state index in [1.54, 1.807) is 0 Å². The van der Waals surface area contributed by atoms with Gasteiger partial charge in [0.25, 0.3) is 0 Å². The first kappa shape index (κ1) is 31.0. The van der Waals surface area contributed by atoms with Crippen LogP contribution in [-0.2, 0) is 24.0 Å². The molecule has 2 rings (SSSR count). The fourth-order valence-electron chi connectivity index (χ4n) is 5.33. The monoisotopic (exact) mass is 517 g/mol. The summed E-state index contributed by atoms with van der Waals surface area (Å²) in [5.41, 5.74) is -0.206. The smallest absolute Gasteiger partial charge is 0.337 e. The minimum atomic E-state index is -1.09. The molecule has 0 amide bonds. The Bertz CT molecular complexity index is 905. The van der Waals surface area contributed by atoms with Crippen LogP contribution in [0.1, 0.15) is 105 Å². The van der Waals surface area contributed by atoms with Gasteiger partial charge in [0.05, 0.1) is 23.6 Å². The summed E-state index contributed by atoms with van der Waals surface area (Å²) in [6, 6.07) is 9.79. The molecule has 37 heavy (non-hydrogen) atoms. The van der Waals surface area contributed by atoms with Gasteiger partial charge in [0.2, 0.25) is 0 Å². The van der Waals surface area contributed by atoms with Crippen LogP contribution in [0.25, 0.3) is 0 Å². The molecule has 0 aromatic heterocycles. The number of aliphatic carboxylic acids is 1. The summed E-state index contributed by atoms with van der Waals surface area (Å²) in [7, 11) is 0. The van der Waals surface area contributed by atoms with E-state index in [4.69, 9.17) is 9.57 Å². The zero-order chi connectivity index (χ0) is 27.8. The summed E-state index contributed by atoms with van der Waals surface area (Å²) < 4.78 is 5.56. The fraction of sp³-hybridized carbons (Fsp3) is 0.700. The Morgan fingerprint density at radius 3 is 2.30 bits per heavy atom. The standard InChI is InChI=1S/C30H47NO6/c1-8-11-17-36-28(35)26(19-24(27(33)34)18-21(4)23-15-13-12-14-16-23)37-31-29(6,9-2)20-25(32)22(5)30(31,7)10-3/h12-16,21-22,24,26H,8-11,17-20H2,1-7H3,(H,33,34). The SMILES string of the molecule is CCCCOC(=O)C(CC(CC(C)c1ccccc1)C(=O)O)ON1C(C)(CC)CC(=O)C(C)C1(C)CC. The zero-order valence-electron chi connectivity index (χ0n) is 23.8.